The molecule has 0 aromatic carbocycles. The van der Waals surface area contributed by atoms with Crippen molar-refractivity contribution in [2.45, 2.75) is 45.6 Å². The summed E-state index contributed by atoms with van der Waals surface area (Å²) in [7, 11) is 0. The molecular weight excluding hydrogens is 209 g/mol. The van der Waals surface area contributed by atoms with Crippen LogP contribution in [0.25, 0.3) is 0 Å². The monoisotopic (exact) mass is 229 g/mol. The Bertz CT molecular complexity index is 294. The Balaban J connectivity index is 2.60. The molecule has 92 valence electrons. The van der Waals surface area contributed by atoms with Crippen LogP contribution in [-0.4, -0.2) is 28.2 Å². The number of nitrogens with zero attached hydrogens (tertiary/aromatic N) is 1. The summed E-state index contributed by atoms with van der Waals surface area (Å²) in [6.45, 7) is 6.11. The fraction of sp³-hybridized carbons (Fsp3) is 0.750. The van der Waals surface area contributed by atoms with E-state index in [2.05, 4.69) is 0 Å². The Morgan fingerprint density at radius 1 is 1.62 bits per heavy atom. The number of allylic oxidation sites excluding steroid dienone is 2. The summed E-state index contributed by atoms with van der Waals surface area (Å²) in [4.78, 5) is 12.6. The Kier molecular flexibility index (Phi) is 3.94. The third-order valence-corrected chi connectivity index (χ3v) is 2.95. The lowest BCUT2D eigenvalue weighted by Crippen LogP contribution is -2.47. The van der Waals surface area contributed by atoms with E-state index in [0.717, 1.165) is 6.42 Å². The van der Waals surface area contributed by atoms with E-state index in [4.69, 9.17) is 5.11 Å². The molecule has 1 aliphatic carbocycles. The maximum atomic E-state index is 12.8. The molecule has 0 saturated carbocycles. The van der Waals surface area contributed by atoms with Gasteiger partial charge in [0.25, 0.3) is 0 Å². The first-order valence-corrected chi connectivity index (χ1v) is 5.66. The van der Waals surface area contributed by atoms with Crippen LogP contribution in [0.2, 0.25) is 0 Å². The average Bonchev–Trinajstić information content (AvgIpc) is 2.14. The molecule has 3 nitrogen and oxygen atoms in total. The molecule has 0 bridgehead atoms. The zero-order valence-electron chi connectivity index (χ0n) is 10.2. The van der Waals surface area contributed by atoms with Crippen molar-refractivity contribution in [3.05, 3.63) is 11.9 Å². The first kappa shape index (κ1) is 13.0. The van der Waals surface area contributed by atoms with Crippen LogP contribution in [0.5, 0.6) is 0 Å². The molecule has 1 rings (SSSR count). The smallest absolute Gasteiger partial charge is 0.407 e. The van der Waals surface area contributed by atoms with Crippen molar-refractivity contribution in [3.8, 4) is 0 Å². The van der Waals surface area contributed by atoms with Gasteiger partial charge in [0.05, 0.1) is 5.83 Å². The third kappa shape index (κ3) is 3.51. The molecule has 0 fully saturated rings. The number of halogens is 1. The van der Waals surface area contributed by atoms with Crippen LogP contribution in [0.1, 0.15) is 40.0 Å². The molecule has 1 unspecified atom stereocenters. The predicted molar refractivity (Wildman–Crippen MR) is 61.0 cm³/mol. The highest BCUT2D eigenvalue weighted by Gasteiger charge is 2.29. The van der Waals surface area contributed by atoms with Crippen LogP contribution in [0.15, 0.2) is 11.9 Å². The second-order valence-electron chi connectivity index (χ2n) is 5.36. The van der Waals surface area contributed by atoms with Crippen molar-refractivity contribution in [1.29, 1.82) is 0 Å². The zero-order valence-corrected chi connectivity index (χ0v) is 10.2. The minimum atomic E-state index is -0.900. The number of carboxylic acid groups (broad SMARTS) is 1. The Hall–Kier alpha value is -1.06. The van der Waals surface area contributed by atoms with Gasteiger partial charge in [-0.3, -0.25) is 0 Å². The molecule has 1 amide bonds. The first-order chi connectivity index (χ1) is 7.30. The molecule has 0 spiro atoms. The second kappa shape index (κ2) is 4.85. The van der Waals surface area contributed by atoms with Gasteiger partial charge in [-0.15, -0.1) is 0 Å². The molecule has 0 saturated heterocycles. The molecule has 1 N–H and O–H groups in total. The third-order valence-electron chi connectivity index (χ3n) is 2.95. The number of hydrogen-bond acceptors (Lipinski definition) is 1. The van der Waals surface area contributed by atoms with Crippen molar-refractivity contribution in [2.24, 2.45) is 5.92 Å². The molecule has 0 aromatic heterocycles. The maximum Gasteiger partial charge on any atom is 0.407 e. The Labute approximate surface area is 95.9 Å². The standard InChI is InChI=1S/C12H20FNO2/c1-12(2,3)14(11(15)16)8-9-4-6-10(13)7-5-9/h6,9H,4-5,7-8H2,1-3H3,(H,15,16). The van der Waals surface area contributed by atoms with E-state index in [1.54, 1.807) is 6.08 Å². The number of rotatable bonds is 2. The van der Waals surface area contributed by atoms with Gasteiger partial charge < -0.3 is 10.0 Å². The molecule has 0 aliphatic heterocycles. The van der Waals surface area contributed by atoms with E-state index in [1.165, 1.54) is 4.90 Å². The summed E-state index contributed by atoms with van der Waals surface area (Å²) in [6.07, 6.45) is 2.51. The van der Waals surface area contributed by atoms with Gasteiger partial charge in [-0.05, 0) is 46.0 Å². The van der Waals surface area contributed by atoms with Gasteiger partial charge >= 0.3 is 6.09 Å². The Morgan fingerprint density at radius 2 is 2.25 bits per heavy atom. The van der Waals surface area contributed by atoms with E-state index in [1.807, 2.05) is 20.8 Å². The molecule has 1 atom stereocenters. The van der Waals surface area contributed by atoms with E-state index < -0.39 is 11.6 Å². The predicted octanol–water partition coefficient (Wildman–Crippen LogP) is 3.42. The van der Waals surface area contributed by atoms with Crippen LogP contribution < -0.4 is 0 Å². The largest absolute Gasteiger partial charge is 0.465 e. The Morgan fingerprint density at radius 3 is 2.62 bits per heavy atom. The summed E-state index contributed by atoms with van der Waals surface area (Å²) in [6, 6.07) is 0. The molecule has 0 heterocycles. The molecule has 16 heavy (non-hydrogen) atoms. The highest BCUT2D eigenvalue weighted by Crippen LogP contribution is 2.27. The van der Waals surface area contributed by atoms with Crippen molar-refractivity contribution in [1.82, 2.24) is 4.90 Å². The van der Waals surface area contributed by atoms with Gasteiger partial charge in [0, 0.05) is 12.1 Å². The van der Waals surface area contributed by atoms with Crippen LogP contribution in [-0.2, 0) is 0 Å². The number of amides is 1. The first-order valence-electron chi connectivity index (χ1n) is 5.66. The molecular formula is C12H20FNO2. The maximum absolute atomic E-state index is 12.8. The number of hydrogen-bond donors (Lipinski definition) is 1. The zero-order chi connectivity index (χ0) is 12.3. The average molecular weight is 229 g/mol. The quantitative estimate of drug-likeness (QED) is 0.788. The summed E-state index contributed by atoms with van der Waals surface area (Å²) < 4.78 is 12.8. The van der Waals surface area contributed by atoms with Crippen LogP contribution in [0.4, 0.5) is 9.18 Å². The minimum absolute atomic E-state index is 0.0612. The summed E-state index contributed by atoms with van der Waals surface area (Å²) >= 11 is 0. The van der Waals surface area contributed by atoms with Gasteiger partial charge in [0.15, 0.2) is 0 Å². The van der Waals surface area contributed by atoms with Crippen molar-refractivity contribution in [2.75, 3.05) is 6.54 Å². The summed E-state index contributed by atoms with van der Waals surface area (Å²) in [5.41, 5.74) is -0.397. The SMILES string of the molecule is CC(C)(C)N(CC1CC=C(F)CC1)C(=O)O. The lowest BCUT2D eigenvalue weighted by atomic mass is 9.92. The van der Waals surface area contributed by atoms with E-state index >= 15 is 0 Å². The van der Waals surface area contributed by atoms with Crippen LogP contribution >= 0.6 is 0 Å². The molecule has 0 aromatic rings. The van der Waals surface area contributed by atoms with Gasteiger partial charge in [0.2, 0.25) is 0 Å². The topological polar surface area (TPSA) is 40.5 Å². The van der Waals surface area contributed by atoms with Gasteiger partial charge in [-0.1, -0.05) is 6.08 Å². The normalized spacial score (nSPS) is 21.5. The lowest BCUT2D eigenvalue weighted by Gasteiger charge is -2.36. The molecule has 1 aliphatic rings. The van der Waals surface area contributed by atoms with Crippen LogP contribution in [0.3, 0.4) is 0 Å². The lowest BCUT2D eigenvalue weighted by molar-refractivity contribution is 0.0868. The second-order valence-corrected chi connectivity index (χ2v) is 5.36. The van der Waals surface area contributed by atoms with Gasteiger partial charge in [-0.25, -0.2) is 9.18 Å². The highest BCUT2D eigenvalue weighted by molar-refractivity contribution is 5.66. The molecule has 4 heteroatoms. The van der Waals surface area contributed by atoms with Crippen LogP contribution in [0, 0.1) is 5.92 Å². The van der Waals surface area contributed by atoms with E-state index in [0.29, 0.717) is 19.4 Å². The fourth-order valence-electron chi connectivity index (χ4n) is 1.92. The van der Waals surface area contributed by atoms with Gasteiger partial charge in [0.1, 0.15) is 0 Å². The van der Waals surface area contributed by atoms with Crippen molar-refractivity contribution >= 4 is 6.09 Å². The van der Waals surface area contributed by atoms with Gasteiger partial charge in [-0.2, -0.15) is 0 Å². The number of carbonyl (C=O) groups is 1. The summed E-state index contributed by atoms with van der Waals surface area (Å²) in [5.74, 6) is 0.184. The fourth-order valence-corrected chi connectivity index (χ4v) is 1.92. The van der Waals surface area contributed by atoms with Crippen molar-refractivity contribution < 1.29 is 14.3 Å². The van der Waals surface area contributed by atoms with Crippen molar-refractivity contribution in [3.63, 3.8) is 0 Å². The van der Waals surface area contributed by atoms with E-state index in [9.17, 15) is 9.18 Å². The molecule has 0 radical (unpaired) electrons. The van der Waals surface area contributed by atoms with E-state index in [-0.39, 0.29) is 11.7 Å². The summed E-state index contributed by atoms with van der Waals surface area (Å²) in [5, 5.41) is 9.13. The highest BCUT2D eigenvalue weighted by atomic mass is 19.1. The minimum Gasteiger partial charge on any atom is -0.465 e.